The Morgan fingerprint density at radius 2 is 2.04 bits per heavy atom. The highest BCUT2D eigenvalue weighted by atomic mass is 79.9. The third-order valence-electron chi connectivity index (χ3n) is 3.58. The molecule has 0 spiro atoms. The average Bonchev–Trinajstić information content (AvgIpc) is 3.04. The Morgan fingerprint density at radius 3 is 2.77 bits per heavy atom. The van der Waals surface area contributed by atoms with Crippen molar-refractivity contribution in [2.24, 2.45) is 0 Å². The van der Waals surface area contributed by atoms with Crippen molar-refractivity contribution >= 4 is 38.9 Å². The molecular weight excluding hydrogens is 419 g/mol. The fraction of sp³-hybridized carbons (Fsp3) is 0.158. The monoisotopic (exact) mass is 434 g/mol. The number of nitrogens with zero attached hydrogens (tertiary/aromatic N) is 1. The van der Waals surface area contributed by atoms with Gasteiger partial charge in [0, 0.05) is 15.5 Å². The van der Waals surface area contributed by atoms with Crippen LogP contribution in [0.5, 0.6) is 5.75 Å². The lowest BCUT2D eigenvalue weighted by Crippen LogP contribution is -2.15. The first kappa shape index (κ1) is 18.5. The molecule has 0 saturated heterocycles. The Hall–Kier alpha value is -2.25. The standard InChI is InChI=1S/C19H16BrFN2O2S/c1-12-8-13(20)2-7-17(12)23-18(24)9-15-11-26-19(22-15)10-25-16-5-3-14(21)4-6-16/h2-8,11H,9-10H2,1H3,(H,23,24). The minimum Gasteiger partial charge on any atom is -0.486 e. The molecule has 2 aromatic carbocycles. The van der Waals surface area contributed by atoms with Crippen molar-refractivity contribution in [3.8, 4) is 5.75 Å². The number of anilines is 1. The third kappa shape index (κ3) is 5.12. The number of carbonyl (C=O) groups is 1. The van der Waals surface area contributed by atoms with Gasteiger partial charge in [0.25, 0.3) is 0 Å². The van der Waals surface area contributed by atoms with Crippen molar-refractivity contribution in [1.82, 2.24) is 4.98 Å². The summed E-state index contributed by atoms with van der Waals surface area (Å²) in [6.07, 6.45) is 0.197. The highest BCUT2D eigenvalue weighted by molar-refractivity contribution is 9.10. The molecule has 1 aromatic heterocycles. The zero-order valence-corrected chi connectivity index (χ0v) is 16.4. The van der Waals surface area contributed by atoms with Gasteiger partial charge in [0.15, 0.2) is 0 Å². The summed E-state index contributed by atoms with van der Waals surface area (Å²) in [5.41, 5.74) is 2.47. The molecule has 1 heterocycles. The first-order valence-electron chi connectivity index (χ1n) is 7.87. The highest BCUT2D eigenvalue weighted by Crippen LogP contribution is 2.21. The van der Waals surface area contributed by atoms with E-state index < -0.39 is 0 Å². The minimum absolute atomic E-state index is 0.119. The van der Waals surface area contributed by atoms with Crippen LogP contribution in [-0.4, -0.2) is 10.9 Å². The maximum Gasteiger partial charge on any atom is 0.230 e. The molecule has 0 fully saturated rings. The molecule has 0 radical (unpaired) electrons. The predicted molar refractivity (Wildman–Crippen MR) is 104 cm³/mol. The molecule has 0 aliphatic rings. The van der Waals surface area contributed by atoms with Crippen molar-refractivity contribution in [3.63, 3.8) is 0 Å². The Labute approximate surface area is 163 Å². The number of aromatic nitrogens is 1. The van der Waals surface area contributed by atoms with Crippen LogP contribution in [0.1, 0.15) is 16.3 Å². The summed E-state index contributed by atoms with van der Waals surface area (Å²) in [5.74, 6) is 0.152. The second kappa shape index (κ2) is 8.42. The zero-order valence-electron chi connectivity index (χ0n) is 14.0. The quantitative estimate of drug-likeness (QED) is 0.585. The predicted octanol–water partition coefficient (Wildman–Crippen LogP) is 5.11. The van der Waals surface area contributed by atoms with E-state index in [-0.39, 0.29) is 24.8 Å². The average molecular weight is 435 g/mol. The summed E-state index contributed by atoms with van der Waals surface area (Å²) in [4.78, 5) is 16.6. The van der Waals surface area contributed by atoms with Crippen LogP contribution in [0, 0.1) is 12.7 Å². The van der Waals surface area contributed by atoms with Crippen LogP contribution in [-0.2, 0) is 17.8 Å². The Morgan fingerprint density at radius 1 is 1.27 bits per heavy atom. The van der Waals surface area contributed by atoms with Crippen LogP contribution in [0.15, 0.2) is 52.3 Å². The summed E-state index contributed by atoms with van der Waals surface area (Å²) in [6.45, 7) is 2.22. The van der Waals surface area contributed by atoms with Gasteiger partial charge in [-0.3, -0.25) is 4.79 Å². The fourth-order valence-electron chi connectivity index (χ4n) is 2.30. The van der Waals surface area contributed by atoms with E-state index in [1.807, 2.05) is 30.5 Å². The summed E-state index contributed by atoms with van der Waals surface area (Å²) in [7, 11) is 0. The number of ether oxygens (including phenoxy) is 1. The summed E-state index contributed by atoms with van der Waals surface area (Å²) in [6, 6.07) is 11.5. The van der Waals surface area contributed by atoms with Gasteiger partial charge in [0.1, 0.15) is 23.2 Å². The number of carbonyl (C=O) groups excluding carboxylic acids is 1. The van der Waals surface area contributed by atoms with Gasteiger partial charge in [0.2, 0.25) is 5.91 Å². The highest BCUT2D eigenvalue weighted by Gasteiger charge is 2.10. The molecule has 0 saturated carbocycles. The lowest BCUT2D eigenvalue weighted by molar-refractivity contribution is -0.115. The molecule has 26 heavy (non-hydrogen) atoms. The maximum absolute atomic E-state index is 12.9. The number of thiazole rings is 1. The zero-order chi connectivity index (χ0) is 18.5. The van der Waals surface area contributed by atoms with Crippen molar-refractivity contribution in [2.75, 3.05) is 5.32 Å². The Balaban J connectivity index is 1.54. The van der Waals surface area contributed by atoms with Gasteiger partial charge in [-0.1, -0.05) is 15.9 Å². The van der Waals surface area contributed by atoms with E-state index in [1.165, 1.54) is 23.5 Å². The smallest absolute Gasteiger partial charge is 0.230 e. The normalized spacial score (nSPS) is 10.6. The van der Waals surface area contributed by atoms with Gasteiger partial charge in [-0.15, -0.1) is 11.3 Å². The molecule has 3 rings (SSSR count). The lowest BCUT2D eigenvalue weighted by Gasteiger charge is -2.08. The van der Waals surface area contributed by atoms with Crippen LogP contribution in [0.25, 0.3) is 0 Å². The number of rotatable bonds is 6. The molecule has 7 heteroatoms. The van der Waals surface area contributed by atoms with E-state index in [9.17, 15) is 9.18 Å². The molecule has 0 bridgehead atoms. The van der Waals surface area contributed by atoms with Crippen molar-refractivity contribution in [1.29, 1.82) is 0 Å². The van der Waals surface area contributed by atoms with Gasteiger partial charge in [0.05, 0.1) is 12.1 Å². The molecule has 0 atom stereocenters. The third-order valence-corrected chi connectivity index (χ3v) is 4.94. The SMILES string of the molecule is Cc1cc(Br)ccc1NC(=O)Cc1csc(COc2ccc(F)cc2)n1. The van der Waals surface area contributed by atoms with Crippen molar-refractivity contribution < 1.29 is 13.9 Å². The topological polar surface area (TPSA) is 51.2 Å². The maximum atomic E-state index is 12.9. The van der Waals surface area contributed by atoms with Crippen LogP contribution >= 0.6 is 27.3 Å². The molecule has 0 unspecified atom stereocenters. The number of aryl methyl sites for hydroxylation is 1. The lowest BCUT2D eigenvalue weighted by atomic mass is 10.2. The number of hydrogen-bond donors (Lipinski definition) is 1. The number of halogens is 2. The molecule has 0 aliphatic heterocycles. The van der Waals surface area contributed by atoms with E-state index in [0.717, 1.165) is 20.7 Å². The summed E-state index contributed by atoms with van der Waals surface area (Å²) >= 11 is 4.83. The van der Waals surface area contributed by atoms with Gasteiger partial charge < -0.3 is 10.1 Å². The van der Waals surface area contributed by atoms with Crippen molar-refractivity contribution in [3.05, 3.63) is 74.4 Å². The molecule has 1 amide bonds. The Kier molecular flexibility index (Phi) is 6.00. The second-order valence-corrected chi connectivity index (χ2v) is 7.52. The summed E-state index contributed by atoms with van der Waals surface area (Å²) < 4.78 is 19.4. The van der Waals surface area contributed by atoms with E-state index in [0.29, 0.717) is 11.4 Å². The molecular formula is C19H16BrFN2O2S. The first-order chi connectivity index (χ1) is 12.5. The minimum atomic E-state index is -0.305. The van der Waals surface area contributed by atoms with E-state index in [2.05, 4.69) is 26.2 Å². The van der Waals surface area contributed by atoms with E-state index in [1.54, 1.807) is 12.1 Å². The van der Waals surface area contributed by atoms with Crippen molar-refractivity contribution in [2.45, 2.75) is 20.0 Å². The van der Waals surface area contributed by atoms with Crippen LogP contribution in [0.4, 0.5) is 10.1 Å². The molecule has 4 nitrogen and oxygen atoms in total. The number of nitrogens with one attached hydrogen (secondary N) is 1. The Bertz CT molecular complexity index is 912. The molecule has 0 aliphatic carbocycles. The number of hydrogen-bond acceptors (Lipinski definition) is 4. The second-order valence-electron chi connectivity index (χ2n) is 5.66. The van der Waals surface area contributed by atoms with Gasteiger partial charge >= 0.3 is 0 Å². The molecule has 3 aromatic rings. The molecule has 1 N–H and O–H groups in total. The van der Waals surface area contributed by atoms with E-state index >= 15 is 0 Å². The van der Waals surface area contributed by atoms with Crippen LogP contribution in [0.2, 0.25) is 0 Å². The van der Waals surface area contributed by atoms with Crippen LogP contribution < -0.4 is 10.1 Å². The first-order valence-corrected chi connectivity index (χ1v) is 9.54. The molecule has 134 valence electrons. The van der Waals surface area contributed by atoms with Gasteiger partial charge in [-0.2, -0.15) is 0 Å². The fourth-order valence-corrected chi connectivity index (χ4v) is 3.48. The van der Waals surface area contributed by atoms with Gasteiger partial charge in [-0.05, 0) is 55.0 Å². The largest absolute Gasteiger partial charge is 0.486 e. The number of benzene rings is 2. The number of amides is 1. The summed E-state index contributed by atoms with van der Waals surface area (Å²) in [5, 5.41) is 5.50. The van der Waals surface area contributed by atoms with Gasteiger partial charge in [-0.25, -0.2) is 9.37 Å². The van der Waals surface area contributed by atoms with E-state index in [4.69, 9.17) is 4.74 Å². The van der Waals surface area contributed by atoms with Crippen LogP contribution in [0.3, 0.4) is 0 Å².